The van der Waals surface area contributed by atoms with Crippen molar-refractivity contribution in [3.63, 3.8) is 0 Å². The van der Waals surface area contributed by atoms with Gasteiger partial charge in [-0.15, -0.1) is 11.3 Å². The second-order valence-electron chi connectivity index (χ2n) is 7.10. The molecule has 0 bridgehead atoms. The Morgan fingerprint density at radius 3 is 2.72 bits per heavy atom. The molecule has 1 N–H and O–H groups in total. The highest BCUT2D eigenvalue weighted by Gasteiger charge is 2.22. The molecule has 1 aromatic carbocycles. The molecule has 1 aliphatic rings. The number of rotatable bonds is 4. The third-order valence-corrected chi connectivity index (χ3v) is 6.05. The minimum absolute atomic E-state index is 0.0593. The lowest BCUT2D eigenvalue weighted by molar-refractivity contribution is 0.243. The third-order valence-electron chi connectivity index (χ3n) is 5.13. The first kappa shape index (κ1) is 17.9. The summed E-state index contributed by atoms with van der Waals surface area (Å²) in [5, 5.41) is 2.21. The molecular formula is C22H19N5OS. The molecule has 0 aliphatic carbocycles. The smallest absolute Gasteiger partial charge is 0.254 e. The van der Waals surface area contributed by atoms with Gasteiger partial charge < -0.3 is 4.98 Å². The highest BCUT2D eigenvalue weighted by Crippen LogP contribution is 2.27. The van der Waals surface area contributed by atoms with Crippen molar-refractivity contribution in [1.29, 1.82) is 0 Å². The van der Waals surface area contributed by atoms with Crippen LogP contribution in [0, 0.1) is 0 Å². The molecular weight excluding hydrogens is 382 g/mol. The van der Waals surface area contributed by atoms with Crippen molar-refractivity contribution in [2.45, 2.75) is 19.5 Å². The molecule has 6 nitrogen and oxygen atoms in total. The molecule has 5 rings (SSSR count). The molecule has 3 aromatic heterocycles. The van der Waals surface area contributed by atoms with Crippen molar-refractivity contribution in [2.24, 2.45) is 0 Å². The summed E-state index contributed by atoms with van der Waals surface area (Å²) in [6, 6.07) is 12.7. The van der Waals surface area contributed by atoms with Crippen LogP contribution in [0.1, 0.15) is 16.1 Å². The molecule has 0 atom stereocenters. The molecule has 0 saturated carbocycles. The minimum Gasteiger partial charge on any atom is -0.306 e. The number of thiophene rings is 1. The minimum atomic E-state index is -0.0593. The van der Waals surface area contributed by atoms with Crippen LogP contribution < -0.4 is 5.56 Å². The van der Waals surface area contributed by atoms with Gasteiger partial charge >= 0.3 is 0 Å². The van der Waals surface area contributed by atoms with Gasteiger partial charge in [0, 0.05) is 42.5 Å². The summed E-state index contributed by atoms with van der Waals surface area (Å²) in [6.45, 7) is 2.37. The van der Waals surface area contributed by atoms with Crippen molar-refractivity contribution >= 4 is 11.3 Å². The number of aromatic nitrogens is 4. The Morgan fingerprint density at radius 2 is 1.90 bits per heavy atom. The molecule has 7 heteroatoms. The van der Waals surface area contributed by atoms with E-state index in [4.69, 9.17) is 4.98 Å². The fraction of sp³-hybridized carbons (Fsp3) is 0.182. The number of nitrogens with zero attached hydrogens (tertiary/aromatic N) is 4. The number of nitrogens with one attached hydrogen (secondary N) is 1. The summed E-state index contributed by atoms with van der Waals surface area (Å²) in [4.78, 5) is 31.8. The van der Waals surface area contributed by atoms with E-state index in [0.717, 1.165) is 29.9 Å². The van der Waals surface area contributed by atoms with Crippen molar-refractivity contribution < 1.29 is 0 Å². The fourth-order valence-corrected chi connectivity index (χ4v) is 4.59. The van der Waals surface area contributed by atoms with Crippen molar-refractivity contribution in [2.75, 3.05) is 6.54 Å². The number of fused-ring (bicyclic) bond motifs is 1. The van der Waals surface area contributed by atoms with Crippen LogP contribution in [0.5, 0.6) is 0 Å². The molecule has 4 aromatic rings. The Hall–Kier alpha value is -3.16. The van der Waals surface area contributed by atoms with Gasteiger partial charge in [0.05, 0.1) is 11.3 Å². The number of hydrogen-bond donors (Lipinski definition) is 1. The lowest BCUT2D eigenvalue weighted by atomic mass is 10.1. The van der Waals surface area contributed by atoms with Crippen LogP contribution in [0.3, 0.4) is 0 Å². The maximum Gasteiger partial charge on any atom is 0.254 e. The van der Waals surface area contributed by atoms with Gasteiger partial charge in [-0.2, -0.15) is 0 Å². The summed E-state index contributed by atoms with van der Waals surface area (Å²) >= 11 is 1.78. The van der Waals surface area contributed by atoms with Crippen LogP contribution in [0.25, 0.3) is 22.5 Å². The van der Waals surface area contributed by atoms with Gasteiger partial charge in [-0.05, 0) is 29.0 Å². The lowest BCUT2D eigenvalue weighted by Crippen LogP contribution is -2.34. The molecule has 1 aliphatic heterocycles. The second kappa shape index (κ2) is 7.69. The third kappa shape index (κ3) is 3.74. The lowest BCUT2D eigenvalue weighted by Gasteiger charge is -2.27. The quantitative estimate of drug-likeness (QED) is 0.566. The first-order chi connectivity index (χ1) is 14.3. The maximum atomic E-state index is 12.5. The molecule has 144 valence electrons. The Balaban J connectivity index is 1.36. The van der Waals surface area contributed by atoms with Crippen LogP contribution in [0.2, 0.25) is 0 Å². The summed E-state index contributed by atoms with van der Waals surface area (Å²) in [5.41, 5.74) is 4.79. The van der Waals surface area contributed by atoms with Crippen LogP contribution in [0.15, 0.2) is 65.3 Å². The number of H-pyrrole nitrogens is 1. The summed E-state index contributed by atoms with van der Waals surface area (Å²) in [7, 11) is 0. The van der Waals surface area contributed by atoms with E-state index in [1.54, 1.807) is 23.7 Å². The highest BCUT2D eigenvalue weighted by atomic mass is 32.1. The van der Waals surface area contributed by atoms with E-state index in [-0.39, 0.29) is 5.56 Å². The Bertz CT molecular complexity index is 1190. The molecule has 29 heavy (non-hydrogen) atoms. The van der Waals surface area contributed by atoms with E-state index in [2.05, 4.69) is 55.6 Å². The van der Waals surface area contributed by atoms with E-state index >= 15 is 0 Å². The van der Waals surface area contributed by atoms with Crippen LogP contribution in [0.4, 0.5) is 0 Å². The van der Waals surface area contributed by atoms with E-state index in [9.17, 15) is 4.79 Å². The van der Waals surface area contributed by atoms with Crippen molar-refractivity contribution in [1.82, 2.24) is 24.8 Å². The van der Waals surface area contributed by atoms with Gasteiger partial charge in [0.15, 0.2) is 0 Å². The Labute approximate surface area is 171 Å². The first-order valence-corrected chi connectivity index (χ1v) is 10.4. The van der Waals surface area contributed by atoms with Crippen molar-refractivity contribution in [3.05, 3.63) is 87.0 Å². The molecule has 0 amide bonds. The second-order valence-corrected chi connectivity index (χ2v) is 8.09. The van der Waals surface area contributed by atoms with Crippen molar-refractivity contribution in [3.8, 4) is 22.5 Å². The number of hydrogen-bond acceptors (Lipinski definition) is 6. The predicted octanol–water partition coefficient (Wildman–Crippen LogP) is 3.51. The normalized spacial score (nSPS) is 13.9. The van der Waals surface area contributed by atoms with Gasteiger partial charge in [0.2, 0.25) is 0 Å². The average Bonchev–Trinajstić information content (AvgIpc) is 3.23. The zero-order chi connectivity index (χ0) is 19.6. The first-order valence-electron chi connectivity index (χ1n) is 9.49. The van der Waals surface area contributed by atoms with E-state index in [1.807, 2.05) is 6.07 Å². The van der Waals surface area contributed by atoms with E-state index in [1.165, 1.54) is 22.3 Å². The SMILES string of the molecule is O=c1[nH]c(-c2cncnc2)nc2c1CCN(Cc1cc(-c3ccccc3)cs1)C2. The van der Waals surface area contributed by atoms with Gasteiger partial charge in [0.25, 0.3) is 5.56 Å². The van der Waals surface area contributed by atoms with E-state index in [0.29, 0.717) is 18.8 Å². The number of benzene rings is 1. The van der Waals surface area contributed by atoms with Gasteiger partial charge in [-0.3, -0.25) is 9.69 Å². The molecule has 0 radical (unpaired) electrons. The average molecular weight is 401 g/mol. The summed E-state index contributed by atoms with van der Waals surface area (Å²) in [5.74, 6) is 0.527. The zero-order valence-corrected chi connectivity index (χ0v) is 16.5. The topological polar surface area (TPSA) is 74.8 Å². The fourth-order valence-electron chi connectivity index (χ4n) is 3.65. The molecule has 0 unspecified atom stereocenters. The Kier molecular flexibility index (Phi) is 4.75. The maximum absolute atomic E-state index is 12.5. The molecule has 0 fully saturated rings. The highest BCUT2D eigenvalue weighted by molar-refractivity contribution is 7.10. The molecule has 4 heterocycles. The summed E-state index contributed by atoms with van der Waals surface area (Å²) < 4.78 is 0. The molecule has 0 spiro atoms. The van der Waals surface area contributed by atoms with Crippen LogP contribution in [-0.2, 0) is 19.5 Å². The predicted molar refractivity (Wildman–Crippen MR) is 113 cm³/mol. The zero-order valence-electron chi connectivity index (χ0n) is 15.7. The number of aromatic amines is 1. The van der Waals surface area contributed by atoms with Crippen LogP contribution in [-0.4, -0.2) is 31.4 Å². The molecule has 0 saturated heterocycles. The van der Waals surface area contributed by atoms with Gasteiger partial charge in [-0.25, -0.2) is 15.0 Å². The van der Waals surface area contributed by atoms with Gasteiger partial charge in [-0.1, -0.05) is 30.3 Å². The Morgan fingerprint density at radius 1 is 1.07 bits per heavy atom. The summed E-state index contributed by atoms with van der Waals surface area (Å²) in [6.07, 6.45) is 5.50. The monoisotopic (exact) mass is 401 g/mol. The standard InChI is InChI=1S/C22H19N5OS/c28-22-19-6-7-27(11-18-8-16(13-29-18)15-4-2-1-3-5-15)12-20(19)25-21(26-22)17-9-23-14-24-10-17/h1-5,8-10,13-14H,6-7,11-12H2,(H,25,26,28). The van der Waals surface area contributed by atoms with E-state index < -0.39 is 0 Å². The van der Waals surface area contributed by atoms with Gasteiger partial charge in [0.1, 0.15) is 12.2 Å². The largest absolute Gasteiger partial charge is 0.306 e. The van der Waals surface area contributed by atoms with Crippen LogP contribution >= 0.6 is 11.3 Å².